The number of rotatable bonds is 0. The maximum absolute atomic E-state index is 0. The van der Waals surface area contributed by atoms with Crippen molar-refractivity contribution in [2.75, 3.05) is 0 Å². The van der Waals surface area contributed by atoms with E-state index in [4.69, 9.17) is 0 Å². The Morgan fingerprint density at radius 3 is 0.250 bits per heavy atom. The standard InChI is InChI=1S/5Cr.3H2O/h;;;;;3*1H2. The quantitative estimate of drug-likeness (QED) is 0.473. The van der Waals surface area contributed by atoms with Crippen LogP contribution >= 0.6 is 0 Å². The molecule has 3 nitrogen and oxygen atoms in total. The van der Waals surface area contributed by atoms with E-state index in [0.717, 1.165) is 0 Å². The first kappa shape index (κ1) is 149. The van der Waals surface area contributed by atoms with Crippen LogP contribution in [0.4, 0.5) is 0 Å². The van der Waals surface area contributed by atoms with Gasteiger partial charge in [-0.25, -0.2) is 0 Å². The van der Waals surface area contributed by atoms with Crippen LogP contribution in [0.3, 0.4) is 0 Å². The van der Waals surface area contributed by atoms with Crippen molar-refractivity contribution in [1.29, 1.82) is 0 Å². The maximum atomic E-state index is 0. The van der Waals surface area contributed by atoms with E-state index in [1.165, 1.54) is 0 Å². The summed E-state index contributed by atoms with van der Waals surface area (Å²) in [5, 5.41) is 0. The summed E-state index contributed by atoms with van der Waals surface area (Å²) in [6.07, 6.45) is 0. The molecular weight excluding hydrogens is 308 g/mol. The van der Waals surface area contributed by atoms with E-state index in [-0.39, 0.29) is 103 Å². The fraction of sp³-hybridized carbons (Fsp3) is 0. The largest absolute Gasteiger partial charge is 0.412 e. The summed E-state index contributed by atoms with van der Waals surface area (Å²) >= 11 is 0. The molecule has 0 heterocycles. The molecule has 0 saturated heterocycles. The van der Waals surface area contributed by atoms with Gasteiger partial charge in [-0.1, -0.05) is 0 Å². The summed E-state index contributed by atoms with van der Waals surface area (Å²) in [5.41, 5.74) is 0. The average Bonchev–Trinajstić information content (AvgIpc) is 0. The van der Waals surface area contributed by atoms with Crippen LogP contribution in [0, 0.1) is 0 Å². The molecule has 0 unspecified atom stereocenters. The second-order valence-corrected chi connectivity index (χ2v) is 0. The molecule has 0 aromatic carbocycles. The summed E-state index contributed by atoms with van der Waals surface area (Å²) in [6, 6.07) is 0. The zero-order chi connectivity index (χ0) is 0. The van der Waals surface area contributed by atoms with Crippen molar-refractivity contribution in [3.05, 3.63) is 0 Å². The third-order valence-electron chi connectivity index (χ3n) is 0. The van der Waals surface area contributed by atoms with Crippen LogP contribution in [0.25, 0.3) is 0 Å². The molecule has 54 valence electrons. The topological polar surface area (TPSA) is 94.5 Å². The Bertz CT molecular complexity index is 7.64. The van der Waals surface area contributed by atoms with Gasteiger partial charge in [0.05, 0.1) is 0 Å². The van der Waals surface area contributed by atoms with Crippen molar-refractivity contribution >= 4 is 0 Å². The maximum Gasteiger partial charge on any atom is 0 e. The second kappa shape index (κ2) is 108. The molecule has 0 aromatic rings. The number of hydrogen-bond acceptors (Lipinski definition) is 0. The Labute approximate surface area is 102 Å². The third-order valence-corrected chi connectivity index (χ3v) is 0. The summed E-state index contributed by atoms with van der Waals surface area (Å²) in [5.74, 6) is 0. The van der Waals surface area contributed by atoms with Crippen LogP contribution in [0.15, 0.2) is 0 Å². The van der Waals surface area contributed by atoms with Crippen molar-refractivity contribution in [3.63, 3.8) is 0 Å². The molecule has 0 amide bonds. The van der Waals surface area contributed by atoms with Gasteiger partial charge in [0.1, 0.15) is 0 Å². The van der Waals surface area contributed by atoms with E-state index in [9.17, 15) is 0 Å². The van der Waals surface area contributed by atoms with Gasteiger partial charge in [0.25, 0.3) is 0 Å². The minimum atomic E-state index is 0. The Morgan fingerprint density at radius 2 is 0.250 bits per heavy atom. The van der Waals surface area contributed by atoms with Gasteiger partial charge in [-0.3, -0.25) is 0 Å². The average molecular weight is 314 g/mol. The predicted octanol–water partition coefficient (Wildman–Crippen LogP) is -2.49. The summed E-state index contributed by atoms with van der Waals surface area (Å²) < 4.78 is 0. The third kappa shape index (κ3) is 75.2. The van der Waals surface area contributed by atoms with Crippen LogP contribution in [0.1, 0.15) is 0 Å². The molecular formula is H6Cr5O3. The van der Waals surface area contributed by atoms with E-state index in [2.05, 4.69) is 0 Å². The minimum absolute atomic E-state index is 0. The smallest absolute Gasteiger partial charge is 0 e. The van der Waals surface area contributed by atoms with Gasteiger partial charge in [0, 0.05) is 86.8 Å². The van der Waals surface area contributed by atoms with Crippen molar-refractivity contribution in [2.24, 2.45) is 0 Å². The van der Waals surface area contributed by atoms with Crippen molar-refractivity contribution < 1.29 is 103 Å². The zero-order valence-electron chi connectivity index (χ0n) is 3.54. The second-order valence-electron chi connectivity index (χ2n) is 0. The summed E-state index contributed by atoms with van der Waals surface area (Å²) in [6.45, 7) is 0. The van der Waals surface area contributed by atoms with Gasteiger partial charge < -0.3 is 16.4 Å². The molecule has 0 spiro atoms. The molecule has 0 rings (SSSR count). The molecule has 8 heteroatoms. The molecule has 0 aliphatic heterocycles. The Morgan fingerprint density at radius 1 is 0.250 bits per heavy atom. The van der Waals surface area contributed by atoms with Crippen molar-refractivity contribution in [1.82, 2.24) is 0 Å². The first-order valence-corrected chi connectivity index (χ1v) is 0. The van der Waals surface area contributed by atoms with Crippen LogP contribution in [0.2, 0.25) is 0 Å². The molecule has 0 bridgehead atoms. The Balaban J connectivity index is 0. The molecule has 0 aliphatic rings. The van der Waals surface area contributed by atoms with E-state index in [0.29, 0.717) is 0 Å². The van der Waals surface area contributed by atoms with Gasteiger partial charge in [-0.05, 0) is 0 Å². The van der Waals surface area contributed by atoms with E-state index in [1.807, 2.05) is 0 Å². The molecule has 0 aromatic heterocycles. The van der Waals surface area contributed by atoms with Gasteiger partial charge >= 0.3 is 0 Å². The van der Waals surface area contributed by atoms with Crippen molar-refractivity contribution in [2.45, 2.75) is 0 Å². The SMILES string of the molecule is O.O.O.[Cr].[Cr].[Cr].[Cr].[Cr]. The van der Waals surface area contributed by atoms with E-state index < -0.39 is 0 Å². The van der Waals surface area contributed by atoms with Gasteiger partial charge in [-0.15, -0.1) is 0 Å². The first-order chi connectivity index (χ1) is 0. The van der Waals surface area contributed by atoms with Crippen LogP contribution in [-0.4, -0.2) is 16.4 Å². The van der Waals surface area contributed by atoms with Gasteiger partial charge in [-0.2, -0.15) is 0 Å². The molecule has 0 radical (unpaired) electrons. The molecule has 0 fully saturated rings. The fourth-order valence-corrected chi connectivity index (χ4v) is 0. The monoisotopic (exact) mass is 314 g/mol. The normalized spacial score (nSPS) is 0. The van der Waals surface area contributed by atoms with Gasteiger partial charge in [0.2, 0.25) is 0 Å². The zero-order valence-corrected chi connectivity index (χ0v) is 9.92. The van der Waals surface area contributed by atoms with E-state index >= 15 is 0 Å². The molecule has 8 heavy (non-hydrogen) atoms. The summed E-state index contributed by atoms with van der Waals surface area (Å²) in [4.78, 5) is 0. The molecule has 0 saturated carbocycles. The molecule has 0 atom stereocenters. The van der Waals surface area contributed by atoms with E-state index in [1.54, 1.807) is 0 Å². The van der Waals surface area contributed by atoms with Crippen molar-refractivity contribution in [3.8, 4) is 0 Å². The minimum Gasteiger partial charge on any atom is -0.412 e. The van der Waals surface area contributed by atoms with Crippen LogP contribution < -0.4 is 0 Å². The van der Waals surface area contributed by atoms with Crippen LogP contribution in [0.5, 0.6) is 0 Å². The molecule has 6 N–H and O–H groups in total. The Kier molecular flexibility index (Phi) is 2000. The Hall–Kier alpha value is 2.54. The molecule has 0 aliphatic carbocycles. The number of hydrogen-bond donors (Lipinski definition) is 0. The summed E-state index contributed by atoms with van der Waals surface area (Å²) in [7, 11) is 0. The fourth-order valence-electron chi connectivity index (χ4n) is 0. The van der Waals surface area contributed by atoms with Gasteiger partial charge in [0.15, 0.2) is 0 Å². The predicted molar refractivity (Wildman–Crippen MR) is 10.8 cm³/mol. The van der Waals surface area contributed by atoms with Crippen LogP contribution in [-0.2, 0) is 86.8 Å². The first-order valence-electron chi connectivity index (χ1n) is 0.